The van der Waals surface area contributed by atoms with Crippen molar-refractivity contribution >= 4 is 54.5 Å². The Morgan fingerprint density at radius 2 is 2.08 bits per heavy atom. The van der Waals surface area contributed by atoms with Crippen LogP contribution < -0.4 is 0 Å². The number of alkyl halides is 1. The van der Waals surface area contributed by atoms with Gasteiger partial charge in [-0.3, -0.25) is 0 Å². The van der Waals surface area contributed by atoms with Crippen LogP contribution in [0.25, 0.3) is 0 Å². The minimum Gasteiger partial charge on any atom is -0.0928 e. The predicted octanol–water partition coefficient (Wildman–Crippen LogP) is 4.38. The Balaban J connectivity index is 2.72. The molecule has 0 atom stereocenters. The average molecular weight is 404 g/mol. The number of aryl methyl sites for hydroxylation is 1. The molecule has 0 heterocycles. The maximum Gasteiger partial charge on any atom is 0.0185 e. The summed E-state index contributed by atoms with van der Waals surface area (Å²) in [5.74, 6) is 0. The summed E-state index contributed by atoms with van der Waals surface area (Å²) < 4.78 is 2.51. The zero-order valence-corrected chi connectivity index (χ0v) is 11.8. The van der Waals surface area contributed by atoms with Crippen molar-refractivity contribution in [3.8, 4) is 0 Å². The Morgan fingerprint density at radius 1 is 1.33 bits per heavy atom. The second-order valence-corrected chi connectivity index (χ2v) is 5.40. The Labute approximate surface area is 104 Å². The lowest BCUT2D eigenvalue weighted by Gasteiger charge is -2.02. The van der Waals surface area contributed by atoms with Crippen molar-refractivity contribution < 1.29 is 0 Å². The van der Waals surface area contributed by atoms with E-state index < -0.39 is 0 Å². The van der Waals surface area contributed by atoms with Gasteiger partial charge in [-0.25, -0.2) is 0 Å². The van der Waals surface area contributed by atoms with Crippen LogP contribution in [0, 0.1) is 3.57 Å². The molecule has 3 heteroatoms. The largest absolute Gasteiger partial charge is 0.0928 e. The molecule has 0 aromatic heterocycles. The highest BCUT2D eigenvalue weighted by Crippen LogP contribution is 2.19. The van der Waals surface area contributed by atoms with Gasteiger partial charge in [-0.15, -0.1) is 0 Å². The van der Waals surface area contributed by atoms with E-state index in [1.807, 2.05) is 0 Å². The van der Waals surface area contributed by atoms with Crippen LogP contribution in [-0.2, 0) is 6.42 Å². The van der Waals surface area contributed by atoms with Crippen LogP contribution in [0.15, 0.2) is 22.7 Å². The molecule has 0 radical (unpaired) electrons. The van der Waals surface area contributed by atoms with Gasteiger partial charge in [-0.2, -0.15) is 0 Å². The molecule has 0 saturated heterocycles. The van der Waals surface area contributed by atoms with Gasteiger partial charge in [0, 0.05) is 13.4 Å². The fourth-order valence-electron chi connectivity index (χ4n) is 0.982. The lowest BCUT2D eigenvalue weighted by molar-refractivity contribution is 0.933. The molecule has 0 bridgehead atoms. The highest BCUT2D eigenvalue weighted by atomic mass is 127. The van der Waals surface area contributed by atoms with E-state index in [1.165, 1.54) is 15.6 Å². The predicted molar refractivity (Wildman–Crippen MR) is 69.0 cm³/mol. The van der Waals surface area contributed by atoms with E-state index >= 15 is 0 Å². The second kappa shape index (κ2) is 5.60. The van der Waals surface area contributed by atoms with Crippen molar-refractivity contribution in [2.24, 2.45) is 0 Å². The van der Waals surface area contributed by atoms with Gasteiger partial charge < -0.3 is 0 Å². The zero-order valence-electron chi connectivity index (χ0n) is 6.49. The molecule has 0 aliphatic carbocycles. The van der Waals surface area contributed by atoms with Gasteiger partial charge in [-0.1, -0.05) is 37.9 Å². The van der Waals surface area contributed by atoms with E-state index in [0.29, 0.717) is 0 Å². The van der Waals surface area contributed by atoms with Gasteiger partial charge in [0.1, 0.15) is 0 Å². The van der Waals surface area contributed by atoms with Gasteiger partial charge in [0.2, 0.25) is 0 Å². The first kappa shape index (κ1) is 11.0. The summed E-state index contributed by atoms with van der Waals surface area (Å²) in [5, 5.41) is 1.08. The number of benzene rings is 1. The monoisotopic (exact) mass is 402 g/mol. The Bertz CT molecular complexity index is 261. The molecule has 0 saturated carbocycles. The molecule has 0 aliphatic rings. The summed E-state index contributed by atoms with van der Waals surface area (Å²) in [6.07, 6.45) is 2.37. The maximum absolute atomic E-state index is 3.45. The van der Waals surface area contributed by atoms with Crippen LogP contribution in [0.2, 0.25) is 0 Å². The molecule has 0 amide bonds. The standard InChI is InChI=1S/C9H9Br2I/c10-5-1-2-7-3-4-8(11)6-9(7)12/h3-4,6H,1-2,5H2. The molecular weight excluding hydrogens is 395 g/mol. The van der Waals surface area contributed by atoms with Gasteiger partial charge in [0.25, 0.3) is 0 Å². The van der Waals surface area contributed by atoms with E-state index in [2.05, 4.69) is 72.6 Å². The van der Waals surface area contributed by atoms with Gasteiger partial charge >= 0.3 is 0 Å². The van der Waals surface area contributed by atoms with E-state index in [0.717, 1.165) is 16.2 Å². The van der Waals surface area contributed by atoms with Crippen molar-refractivity contribution in [1.82, 2.24) is 0 Å². The molecule has 12 heavy (non-hydrogen) atoms. The van der Waals surface area contributed by atoms with Crippen LogP contribution in [0.5, 0.6) is 0 Å². The zero-order chi connectivity index (χ0) is 8.97. The highest BCUT2D eigenvalue weighted by molar-refractivity contribution is 14.1. The van der Waals surface area contributed by atoms with Gasteiger partial charge in [0.15, 0.2) is 0 Å². The third kappa shape index (κ3) is 3.34. The normalized spacial score (nSPS) is 10.2. The summed E-state index contributed by atoms with van der Waals surface area (Å²) in [6, 6.07) is 6.45. The van der Waals surface area contributed by atoms with Crippen molar-refractivity contribution in [3.63, 3.8) is 0 Å². The van der Waals surface area contributed by atoms with E-state index in [9.17, 15) is 0 Å². The van der Waals surface area contributed by atoms with Crippen LogP contribution in [0.3, 0.4) is 0 Å². The number of halogens is 3. The van der Waals surface area contributed by atoms with Crippen LogP contribution in [0.1, 0.15) is 12.0 Å². The summed E-state index contributed by atoms with van der Waals surface area (Å²) in [5.41, 5.74) is 1.44. The molecule has 0 fully saturated rings. The van der Waals surface area contributed by atoms with Crippen molar-refractivity contribution in [3.05, 3.63) is 31.8 Å². The molecule has 1 aromatic carbocycles. The van der Waals surface area contributed by atoms with E-state index in [1.54, 1.807) is 0 Å². The van der Waals surface area contributed by atoms with Gasteiger partial charge in [-0.05, 0) is 53.1 Å². The smallest absolute Gasteiger partial charge is 0.0185 e. The molecule has 0 spiro atoms. The summed E-state index contributed by atoms with van der Waals surface area (Å²) in [7, 11) is 0. The third-order valence-corrected chi connectivity index (χ3v) is 3.65. The summed E-state index contributed by atoms with van der Waals surface area (Å²) >= 11 is 9.26. The lowest BCUT2D eigenvalue weighted by Crippen LogP contribution is -1.89. The second-order valence-electron chi connectivity index (χ2n) is 2.53. The SMILES string of the molecule is BrCCCc1ccc(Br)cc1I. The fraction of sp³-hybridized carbons (Fsp3) is 0.333. The summed E-state index contributed by atoms with van der Waals surface area (Å²) in [6.45, 7) is 0. The Kier molecular flexibility index (Phi) is 5.13. The average Bonchev–Trinajstić information content (AvgIpc) is 2.03. The molecule has 66 valence electrons. The van der Waals surface area contributed by atoms with Crippen LogP contribution in [0.4, 0.5) is 0 Å². The third-order valence-electron chi connectivity index (χ3n) is 1.59. The molecule has 0 unspecified atom stereocenters. The first-order valence-corrected chi connectivity index (χ1v) is 6.73. The fourth-order valence-corrected chi connectivity index (χ4v) is 2.84. The van der Waals surface area contributed by atoms with E-state index in [4.69, 9.17) is 0 Å². The van der Waals surface area contributed by atoms with Crippen LogP contribution in [-0.4, -0.2) is 5.33 Å². The highest BCUT2D eigenvalue weighted by Gasteiger charge is 1.99. The van der Waals surface area contributed by atoms with Crippen LogP contribution >= 0.6 is 54.5 Å². The summed E-state index contributed by atoms with van der Waals surface area (Å²) in [4.78, 5) is 0. The van der Waals surface area contributed by atoms with Crippen molar-refractivity contribution in [1.29, 1.82) is 0 Å². The number of rotatable bonds is 3. The topological polar surface area (TPSA) is 0 Å². The first-order valence-electron chi connectivity index (χ1n) is 3.74. The molecular formula is C9H9Br2I. The minimum absolute atomic E-state index is 1.08. The lowest BCUT2D eigenvalue weighted by atomic mass is 10.1. The molecule has 1 rings (SSSR count). The van der Waals surface area contributed by atoms with Crippen molar-refractivity contribution in [2.75, 3.05) is 5.33 Å². The van der Waals surface area contributed by atoms with E-state index in [-0.39, 0.29) is 0 Å². The molecule has 0 N–H and O–H groups in total. The Morgan fingerprint density at radius 3 is 2.67 bits per heavy atom. The number of hydrogen-bond acceptors (Lipinski definition) is 0. The molecule has 0 nitrogen and oxygen atoms in total. The quantitative estimate of drug-likeness (QED) is 0.519. The minimum atomic E-state index is 1.08. The molecule has 0 aliphatic heterocycles. The maximum atomic E-state index is 3.45. The Hall–Kier alpha value is 0.910. The molecule has 1 aromatic rings. The number of hydrogen-bond donors (Lipinski definition) is 0. The first-order chi connectivity index (χ1) is 5.74. The van der Waals surface area contributed by atoms with Gasteiger partial charge in [0.05, 0.1) is 0 Å². The van der Waals surface area contributed by atoms with Crippen molar-refractivity contribution in [2.45, 2.75) is 12.8 Å².